The van der Waals surface area contributed by atoms with Crippen molar-refractivity contribution >= 4 is 5.91 Å². The molecule has 1 amide bonds. The van der Waals surface area contributed by atoms with E-state index in [1.165, 1.54) is 12.1 Å². The van der Waals surface area contributed by atoms with E-state index >= 15 is 0 Å². The molecule has 0 unspecified atom stereocenters. The Morgan fingerprint density at radius 2 is 1.94 bits per heavy atom. The predicted octanol–water partition coefficient (Wildman–Crippen LogP) is 2.26. The van der Waals surface area contributed by atoms with Gasteiger partial charge in [0.25, 0.3) is 5.91 Å². The summed E-state index contributed by atoms with van der Waals surface area (Å²) in [5.41, 5.74) is -0.358. The maximum Gasteiger partial charge on any atom is 0.287 e. The SMILES string of the molecule is Cc1cc(=O)cc(C(=O)NC2(C(C)(C)C)CC2)o1. The van der Waals surface area contributed by atoms with Crippen molar-refractivity contribution in [2.45, 2.75) is 46.1 Å². The van der Waals surface area contributed by atoms with Crippen molar-refractivity contribution in [3.05, 3.63) is 33.9 Å². The summed E-state index contributed by atoms with van der Waals surface area (Å²) < 4.78 is 5.29. The Kier molecular flexibility index (Phi) is 2.84. The van der Waals surface area contributed by atoms with Crippen LogP contribution in [0.2, 0.25) is 0 Å². The molecule has 98 valence electrons. The Labute approximate surface area is 106 Å². The smallest absolute Gasteiger partial charge is 0.287 e. The maximum atomic E-state index is 12.1. The molecule has 1 aliphatic carbocycles. The van der Waals surface area contributed by atoms with Crippen molar-refractivity contribution < 1.29 is 9.21 Å². The predicted molar refractivity (Wildman–Crippen MR) is 68.6 cm³/mol. The first-order valence-electron chi connectivity index (χ1n) is 6.18. The highest BCUT2D eigenvalue weighted by Gasteiger charge is 2.53. The average Bonchev–Trinajstić information content (AvgIpc) is 2.96. The molecule has 0 aromatic carbocycles. The van der Waals surface area contributed by atoms with Crippen LogP contribution in [-0.2, 0) is 0 Å². The lowest BCUT2D eigenvalue weighted by Crippen LogP contribution is -2.46. The molecule has 4 nitrogen and oxygen atoms in total. The van der Waals surface area contributed by atoms with Gasteiger partial charge in [0.1, 0.15) is 5.76 Å². The lowest BCUT2D eigenvalue weighted by atomic mass is 9.84. The molecule has 0 aliphatic heterocycles. The summed E-state index contributed by atoms with van der Waals surface area (Å²) in [4.78, 5) is 23.5. The fourth-order valence-electron chi connectivity index (χ4n) is 2.18. The number of carbonyl (C=O) groups is 1. The van der Waals surface area contributed by atoms with E-state index in [9.17, 15) is 9.59 Å². The van der Waals surface area contributed by atoms with Gasteiger partial charge in [-0.3, -0.25) is 9.59 Å². The highest BCUT2D eigenvalue weighted by Crippen LogP contribution is 2.49. The van der Waals surface area contributed by atoms with Crippen LogP contribution in [0.4, 0.5) is 0 Å². The number of aryl methyl sites for hydroxylation is 1. The maximum absolute atomic E-state index is 12.1. The Balaban J connectivity index is 2.21. The number of hydrogen-bond acceptors (Lipinski definition) is 3. The van der Waals surface area contributed by atoms with E-state index in [2.05, 4.69) is 26.1 Å². The van der Waals surface area contributed by atoms with Crippen molar-refractivity contribution in [1.29, 1.82) is 0 Å². The fraction of sp³-hybridized carbons (Fsp3) is 0.571. The van der Waals surface area contributed by atoms with Crippen molar-refractivity contribution in [2.75, 3.05) is 0 Å². The lowest BCUT2D eigenvalue weighted by Gasteiger charge is -2.31. The standard InChI is InChI=1S/C14H19NO3/c1-9-7-10(16)8-11(18-9)12(17)15-14(5-6-14)13(2,3)4/h7-8H,5-6H2,1-4H3,(H,15,17). The minimum absolute atomic E-state index is 0.00673. The first kappa shape index (κ1) is 12.9. The van der Waals surface area contributed by atoms with E-state index in [1.54, 1.807) is 6.92 Å². The molecule has 1 aromatic heterocycles. The Morgan fingerprint density at radius 1 is 1.33 bits per heavy atom. The first-order valence-corrected chi connectivity index (χ1v) is 6.18. The van der Waals surface area contributed by atoms with Crippen LogP contribution in [0.5, 0.6) is 0 Å². The van der Waals surface area contributed by atoms with Gasteiger partial charge in [0, 0.05) is 17.7 Å². The van der Waals surface area contributed by atoms with Gasteiger partial charge < -0.3 is 9.73 Å². The summed E-state index contributed by atoms with van der Waals surface area (Å²) in [6.07, 6.45) is 1.94. The third-order valence-corrected chi connectivity index (χ3v) is 3.65. The van der Waals surface area contributed by atoms with Gasteiger partial charge in [0.15, 0.2) is 11.2 Å². The zero-order valence-corrected chi connectivity index (χ0v) is 11.3. The van der Waals surface area contributed by atoms with Crippen molar-refractivity contribution in [3.8, 4) is 0 Å². The van der Waals surface area contributed by atoms with E-state index in [0.717, 1.165) is 12.8 Å². The van der Waals surface area contributed by atoms with Gasteiger partial charge in [-0.1, -0.05) is 20.8 Å². The molecule has 0 saturated heterocycles. The monoisotopic (exact) mass is 249 g/mol. The third-order valence-electron chi connectivity index (χ3n) is 3.65. The van der Waals surface area contributed by atoms with Crippen molar-refractivity contribution in [2.24, 2.45) is 5.41 Å². The molecule has 1 saturated carbocycles. The van der Waals surface area contributed by atoms with E-state index in [-0.39, 0.29) is 28.1 Å². The summed E-state index contributed by atoms with van der Waals surface area (Å²) in [6, 6.07) is 2.61. The van der Waals surface area contributed by atoms with Crippen LogP contribution in [0.3, 0.4) is 0 Å². The summed E-state index contributed by atoms with van der Waals surface area (Å²) in [6.45, 7) is 7.97. The van der Waals surface area contributed by atoms with Gasteiger partial charge in [0.2, 0.25) is 0 Å². The molecule has 1 heterocycles. The Bertz CT molecular complexity index is 533. The van der Waals surface area contributed by atoms with E-state index in [0.29, 0.717) is 5.76 Å². The fourth-order valence-corrected chi connectivity index (χ4v) is 2.18. The first-order chi connectivity index (χ1) is 8.23. The zero-order chi connectivity index (χ0) is 13.6. The molecular weight excluding hydrogens is 230 g/mol. The minimum Gasteiger partial charge on any atom is -0.456 e. The lowest BCUT2D eigenvalue weighted by molar-refractivity contribution is 0.0855. The van der Waals surface area contributed by atoms with Gasteiger partial charge in [-0.05, 0) is 25.2 Å². The number of nitrogens with one attached hydrogen (secondary N) is 1. The van der Waals surface area contributed by atoms with Crippen LogP contribution in [0.25, 0.3) is 0 Å². The van der Waals surface area contributed by atoms with Crippen molar-refractivity contribution in [3.63, 3.8) is 0 Å². The third kappa shape index (κ3) is 2.33. The molecule has 0 bridgehead atoms. The van der Waals surface area contributed by atoms with Gasteiger partial charge in [0.05, 0.1) is 0 Å². The van der Waals surface area contributed by atoms with Gasteiger partial charge in [-0.25, -0.2) is 0 Å². The summed E-state index contributed by atoms with van der Waals surface area (Å²) >= 11 is 0. The van der Waals surface area contributed by atoms with Crippen LogP contribution in [0.15, 0.2) is 21.3 Å². The topological polar surface area (TPSA) is 59.3 Å². The Morgan fingerprint density at radius 3 is 2.39 bits per heavy atom. The number of carbonyl (C=O) groups excluding carboxylic acids is 1. The van der Waals surface area contributed by atoms with Crippen LogP contribution in [0, 0.1) is 12.3 Å². The Hall–Kier alpha value is -1.58. The molecule has 1 aromatic rings. The van der Waals surface area contributed by atoms with E-state index < -0.39 is 0 Å². The van der Waals surface area contributed by atoms with Crippen LogP contribution < -0.4 is 10.7 Å². The zero-order valence-electron chi connectivity index (χ0n) is 11.3. The van der Waals surface area contributed by atoms with Gasteiger partial charge >= 0.3 is 0 Å². The van der Waals surface area contributed by atoms with Gasteiger partial charge in [-0.15, -0.1) is 0 Å². The van der Waals surface area contributed by atoms with Gasteiger partial charge in [-0.2, -0.15) is 0 Å². The summed E-state index contributed by atoms with van der Waals surface area (Å²) in [7, 11) is 0. The molecule has 0 spiro atoms. The number of hydrogen-bond donors (Lipinski definition) is 1. The van der Waals surface area contributed by atoms with Crippen LogP contribution in [-0.4, -0.2) is 11.4 Å². The molecule has 0 radical (unpaired) electrons. The second kappa shape index (κ2) is 3.97. The van der Waals surface area contributed by atoms with E-state index in [1.807, 2.05) is 0 Å². The molecular formula is C14H19NO3. The molecule has 4 heteroatoms. The molecule has 1 aliphatic rings. The number of amides is 1. The average molecular weight is 249 g/mol. The molecule has 18 heavy (non-hydrogen) atoms. The highest BCUT2D eigenvalue weighted by atomic mass is 16.3. The second-order valence-electron chi connectivity index (χ2n) is 6.05. The van der Waals surface area contributed by atoms with E-state index in [4.69, 9.17) is 4.42 Å². The normalized spacial score (nSPS) is 17.3. The minimum atomic E-state index is -0.303. The van der Waals surface area contributed by atoms with Crippen molar-refractivity contribution in [1.82, 2.24) is 5.32 Å². The highest BCUT2D eigenvalue weighted by molar-refractivity contribution is 5.92. The molecule has 0 atom stereocenters. The molecule has 2 rings (SSSR count). The number of rotatable bonds is 2. The molecule has 1 N–H and O–H groups in total. The van der Waals surface area contributed by atoms with Crippen LogP contribution >= 0.6 is 0 Å². The van der Waals surface area contributed by atoms with Crippen LogP contribution in [0.1, 0.15) is 49.9 Å². The largest absolute Gasteiger partial charge is 0.456 e. The summed E-state index contributed by atoms with van der Waals surface area (Å²) in [5, 5.41) is 3.01. The quantitative estimate of drug-likeness (QED) is 0.874. The summed E-state index contributed by atoms with van der Waals surface area (Å²) in [5.74, 6) is 0.243. The second-order valence-corrected chi connectivity index (χ2v) is 6.05. The molecule has 1 fully saturated rings.